The van der Waals surface area contributed by atoms with Crippen molar-refractivity contribution < 1.29 is 14.2 Å². The van der Waals surface area contributed by atoms with Gasteiger partial charge < -0.3 is 20.0 Å². The zero-order valence-corrected chi connectivity index (χ0v) is 22.2. The van der Waals surface area contributed by atoms with Crippen LogP contribution < -0.4 is 10.2 Å². The van der Waals surface area contributed by atoms with Gasteiger partial charge in [0.05, 0.1) is 9.85 Å². The van der Waals surface area contributed by atoms with Gasteiger partial charge in [-0.2, -0.15) is 0 Å². The first-order valence-electron chi connectivity index (χ1n) is 12.5. The standard InChI is InChI=1S/C13H19N3O2.C7H16N2.C6H4FNO2/c1-14(2)11-7-9-15(10-8-11)12-3-5-13(6-4-12)16(17)18;1-9(2)7-3-5-8-6-4-7;7-5-1-3-6(4-2-5)8(9)10/h3-6,11H,7-10H2,1-2H3;7-8H,3-6H2,1-2H3;1-4H. The SMILES string of the molecule is CN(C)C1CCN(c2ccc([N+](=O)[O-])cc2)CC1.CN(C)C1CCNCC1.O=[N+]([O-])c1ccc(F)cc1. The van der Waals surface area contributed by atoms with Crippen molar-refractivity contribution in [1.29, 1.82) is 0 Å². The average molecular weight is 519 g/mol. The van der Waals surface area contributed by atoms with Crippen LogP contribution in [-0.4, -0.2) is 86.1 Å². The van der Waals surface area contributed by atoms with Gasteiger partial charge in [0.25, 0.3) is 11.4 Å². The van der Waals surface area contributed by atoms with Crippen LogP contribution in [0.3, 0.4) is 0 Å². The van der Waals surface area contributed by atoms with Gasteiger partial charge in [0, 0.05) is 55.1 Å². The van der Waals surface area contributed by atoms with Crippen LogP contribution in [0.5, 0.6) is 0 Å². The third-order valence-corrected chi connectivity index (χ3v) is 6.70. The summed E-state index contributed by atoms with van der Waals surface area (Å²) in [4.78, 5) is 26.5. The number of nitrogens with zero attached hydrogens (tertiary/aromatic N) is 5. The molecule has 10 nitrogen and oxygen atoms in total. The van der Waals surface area contributed by atoms with E-state index in [1.165, 1.54) is 25.9 Å². The number of rotatable bonds is 5. The van der Waals surface area contributed by atoms with Gasteiger partial charge in [-0.15, -0.1) is 0 Å². The summed E-state index contributed by atoms with van der Waals surface area (Å²) in [5.41, 5.74) is 1.14. The molecule has 2 saturated heterocycles. The molecule has 2 aliphatic rings. The van der Waals surface area contributed by atoms with Crippen LogP contribution in [-0.2, 0) is 0 Å². The van der Waals surface area contributed by atoms with Gasteiger partial charge >= 0.3 is 0 Å². The van der Waals surface area contributed by atoms with Crippen LogP contribution in [0.15, 0.2) is 48.5 Å². The van der Waals surface area contributed by atoms with Crippen molar-refractivity contribution >= 4 is 17.1 Å². The first-order valence-corrected chi connectivity index (χ1v) is 12.5. The highest BCUT2D eigenvalue weighted by atomic mass is 19.1. The van der Waals surface area contributed by atoms with Gasteiger partial charge in [-0.05, 0) is 91.2 Å². The van der Waals surface area contributed by atoms with Gasteiger partial charge in [-0.1, -0.05) is 0 Å². The zero-order chi connectivity index (χ0) is 27.4. The summed E-state index contributed by atoms with van der Waals surface area (Å²) in [6.07, 6.45) is 4.91. The Morgan fingerprint density at radius 3 is 1.54 bits per heavy atom. The van der Waals surface area contributed by atoms with E-state index < -0.39 is 10.7 Å². The number of non-ortho nitro benzene ring substituents is 2. The van der Waals surface area contributed by atoms with Crippen molar-refractivity contribution in [3.8, 4) is 0 Å². The molecule has 37 heavy (non-hydrogen) atoms. The smallest absolute Gasteiger partial charge is 0.269 e. The quantitative estimate of drug-likeness (QED) is 0.464. The van der Waals surface area contributed by atoms with Crippen molar-refractivity contribution in [1.82, 2.24) is 15.1 Å². The second-order valence-electron chi connectivity index (χ2n) is 9.63. The Labute approximate surface area is 218 Å². The summed E-state index contributed by atoms with van der Waals surface area (Å²) in [6.45, 7) is 4.42. The van der Waals surface area contributed by atoms with E-state index in [1.807, 2.05) is 12.1 Å². The van der Waals surface area contributed by atoms with Gasteiger partial charge in [0.15, 0.2) is 0 Å². The highest BCUT2D eigenvalue weighted by Gasteiger charge is 2.21. The zero-order valence-electron chi connectivity index (χ0n) is 22.2. The van der Waals surface area contributed by atoms with Crippen LogP contribution in [0.1, 0.15) is 25.7 Å². The molecule has 1 N–H and O–H groups in total. The lowest BCUT2D eigenvalue weighted by molar-refractivity contribution is -0.385. The first-order chi connectivity index (χ1) is 17.6. The van der Waals surface area contributed by atoms with E-state index >= 15 is 0 Å². The molecular formula is C26H39FN6O4. The monoisotopic (exact) mass is 518 g/mol. The number of hydrogen-bond acceptors (Lipinski definition) is 8. The fourth-order valence-electron chi connectivity index (χ4n) is 4.31. The van der Waals surface area contributed by atoms with Gasteiger partial charge in [0.1, 0.15) is 5.82 Å². The molecule has 0 radical (unpaired) electrons. The van der Waals surface area contributed by atoms with E-state index in [1.54, 1.807) is 12.1 Å². The Morgan fingerprint density at radius 2 is 1.16 bits per heavy atom. The summed E-state index contributed by atoms with van der Waals surface area (Å²) in [6, 6.07) is 12.7. The normalized spacial score (nSPS) is 16.5. The van der Waals surface area contributed by atoms with E-state index in [2.05, 4.69) is 48.2 Å². The van der Waals surface area contributed by atoms with E-state index in [4.69, 9.17) is 0 Å². The maximum Gasteiger partial charge on any atom is 0.269 e. The molecule has 0 atom stereocenters. The molecule has 0 saturated carbocycles. The van der Waals surface area contributed by atoms with E-state index in [0.29, 0.717) is 6.04 Å². The Kier molecular flexibility index (Phi) is 12.3. The van der Waals surface area contributed by atoms with Crippen LogP contribution in [0.25, 0.3) is 0 Å². The predicted molar refractivity (Wildman–Crippen MR) is 145 cm³/mol. The molecule has 0 bridgehead atoms. The van der Waals surface area contributed by atoms with Crippen LogP contribution >= 0.6 is 0 Å². The van der Waals surface area contributed by atoms with Crippen molar-refractivity contribution in [2.24, 2.45) is 0 Å². The Hall–Kier alpha value is -3.15. The summed E-state index contributed by atoms with van der Waals surface area (Å²) < 4.78 is 12.1. The molecular weight excluding hydrogens is 479 g/mol. The fraction of sp³-hybridized carbons (Fsp3) is 0.538. The maximum atomic E-state index is 12.1. The molecule has 0 unspecified atom stereocenters. The molecule has 0 aromatic heterocycles. The Balaban J connectivity index is 0.000000214. The average Bonchev–Trinajstić information content (AvgIpc) is 2.90. The fourth-order valence-corrected chi connectivity index (χ4v) is 4.31. The van der Waals surface area contributed by atoms with Crippen molar-refractivity contribution in [3.63, 3.8) is 0 Å². The van der Waals surface area contributed by atoms with Gasteiger partial charge in [0.2, 0.25) is 0 Å². The van der Waals surface area contributed by atoms with E-state index in [9.17, 15) is 24.6 Å². The summed E-state index contributed by atoms with van der Waals surface area (Å²) >= 11 is 0. The minimum Gasteiger partial charge on any atom is -0.371 e. The molecule has 0 amide bonds. The molecule has 0 aliphatic carbocycles. The largest absolute Gasteiger partial charge is 0.371 e. The highest BCUT2D eigenvalue weighted by molar-refractivity contribution is 5.51. The molecule has 4 rings (SSSR count). The number of hydrogen-bond donors (Lipinski definition) is 1. The number of nitro groups is 2. The van der Waals surface area contributed by atoms with Gasteiger partial charge in [-0.3, -0.25) is 20.2 Å². The van der Waals surface area contributed by atoms with E-state index in [0.717, 1.165) is 61.9 Å². The molecule has 0 spiro atoms. The maximum absolute atomic E-state index is 12.1. The minimum atomic E-state index is -0.570. The second kappa shape index (κ2) is 15.2. The van der Waals surface area contributed by atoms with Crippen LogP contribution in [0, 0.1) is 26.0 Å². The molecule has 2 aromatic rings. The molecule has 2 aliphatic heterocycles. The lowest BCUT2D eigenvalue weighted by Crippen LogP contribution is -2.41. The predicted octanol–water partition coefficient (Wildman–Crippen LogP) is 4.16. The number of benzene rings is 2. The van der Waals surface area contributed by atoms with E-state index in [-0.39, 0.29) is 16.3 Å². The molecule has 2 heterocycles. The van der Waals surface area contributed by atoms with Crippen LogP contribution in [0.2, 0.25) is 0 Å². The number of nitro benzene ring substituents is 2. The minimum absolute atomic E-state index is 0.0959. The lowest BCUT2D eigenvalue weighted by Gasteiger charge is -2.36. The summed E-state index contributed by atoms with van der Waals surface area (Å²) in [5.74, 6) is -0.467. The molecule has 2 fully saturated rings. The summed E-state index contributed by atoms with van der Waals surface area (Å²) in [7, 11) is 8.56. The molecule has 11 heteroatoms. The lowest BCUT2D eigenvalue weighted by atomic mass is 10.0. The Bertz CT molecular complexity index is 958. The third kappa shape index (κ3) is 10.4. The van der Waals surface area contributed by atoms with Crippen LogP contribution in [0.4, 0.5) is 21.5 Å². The topological polar surface area (TPSA) is 108 Å². The highest BCUT2D eigenvalue weighted by Crippen LogP contribution is 2.23. The number of nitrogens with one attached hydrogen (secondary N) is 1. The van der Waals surface area contributed by atoms with Crippen molar-refractivity contribution in [3.05, 3.63) is 74.6 Å². The van der Waals surface area contributed by atoms with Gasteiger partial charge in [-0.25, -0.2) is 4.39 Å². The first kappa shape index (κ1) is 30.1. The Morgan fingerprint density at radius 1 is 0.757 bits per heavy atom. The summed E-state index contributed by atoms with van der Waals surface area (Å²) in [5, 5.41) is 23.9. The second-order valence-corrected chi connectivity index (χ2v) is 9.63. The number of piperidine rings is 2. The molecule has 204 valence electrons. The number of anilines is 1. The molecule has 2 aromatic carbocycles. The third-order valence-electron chi connectivity index (χ3n) is 6.70. The van der Waals surface area contributed by atoms with Crippen molar-refractivity contribution in [2.45, 2.75) is 37.8 Å². The number of halogens is 1. The van der Waals surface area contributed by atoms with Crippen molar-refractivity contribution in [2.75, 3.05) is 59.3 Å².